The first-order valence-corrected chi connectivity index (χ1v) is 6.48. The largest absolute Gasteiger partial charge is 0.465 e. The van der Waals surface area contributed by atoms with Gasteiger partial charge in [0.2, 0.25) is 0 Å². The van der Waals surface area contributed by atoms with Crippen LogP contribution in [0.4, 0.5) is 5.69 Å². The number of esters is 1. The highest BCUT2D eigenvalue weighted by atomic mass is 35.5. The van der Waals surface area contributed by atoms with Crippen LogP contribution in [-0.4, -0.2) is 31.2 Å². The van der Waals surface area contributed by atoms with E-state index in [4.69, 9.17) is 16.3 Å². The molecule has 1 saturated heterocycles. The molecule has 0 N–H and O–H groups in total. The van der Waals surface area contributed by atoms with E-state index >= 15 is 0 Å². The zero-order valence-electron chi connectivity index (χ0n) is 10.6. The molecule has 0 aliphatic carbocycles. The molecule has 1 fully saturated rings. The number of nitrogens with zero attached hydrogens (tertiary/aromatic N) is 2. The van der Waals surface area contributed by atoms with E-state index < -0.39 is 0 Å². The number of ether oxygens (including phenoxy) is 1. The van der Waals surface area contributed by atoms with Gasteiger partial charge in [-0.1, -0.05) is 18.5 Å². The maximum atomic E-state index is 11.7. The lowest BCUT2D eigenvalue weighted by Gasteiger charge is -2.33. The topological polar surface area (TPSA) is 42.4 Å². The zero-order valence-corrected chi connectivity index (χ0v) is 11.4. The van der Waals surface area contributed by atoms with Gasteiger partial charge in [-0.15, -0.1) is 0 Å². The molecular formula is C13H17ClN2O2. The maximum Gasteiger partial charge on any atom is 0.341 e. The Bertz CT molecular complexity index is 451. The summed E-state index contributed by atoms with van der Waals surface area (Å²) < 4.78 is 4.79. The highest BCUT2D eigenvalue weighted by Gasteiger charge is 2.22. The third-order valence-electron chi connectivity index (χ3n) is 3.25. The van der Waals surface area contributed by atoms with Gasteiger partial charge in [0.25, 0.3) is 0 Å². The van der Waals surface area contributed by atoms with Crippen molar-refractivity contribution in [2.45, 2.75) is 19.8 Å². The van der Waals surface area contributed by atoms with Gasteiger partial charge in [0.1, 0.15) is 10.7 Å². The van der Waals surface area contributed by atoms with Gasteiger partial charge in [-0.3, -0.25) is 0 Å². The Kier molecular flexibility index (Phi) is 4.07. The Hall–Kier alpha value is -1.29. The SMILES string of the molecule is COC(=O)c1cnc(Cl)cc1N1CCCC(C)C1. The molecule has 0 radical (unpaired) electrons. The molecule has 1 aromatic rings. The number of methoxy groups -OCH3 is 1. The van der Waals surface area contributed by atoms with Gasteiger partial charge in [0, 0.05) is 19.3 Å². The zero-order chi connectivity index (χ0) is 13.1. The molecule has 1 atom stereocenters. The van der Waals surface area contributed by atoms with Gasteiger partial charge in [-0.2, -0.15) is 0 Å². The average Bonchev–Trinajstić information content (AvgIpc) is 2.38. The van der Waals surface area contributed by atoms with Crippen LogP contribution in [-0.2, 0) is 4.74 Å². The standard InChI is InChI=1S/C13H17ClN2O2/c1-9-4-3-5-16(8-9)11-6-12(14)15-7-10(11)13(17)18-2/h6-7,9H,3-5,8H2,1-2H3. The molecule has 1 aliphatic heterocycles. The smallest absolute Gasteiger partial charge is 0.341 e. The third kappa shape index (κ3) is 2.75. The predicted molar refractivity (Wildman–Crippen MR) is 71.2 cm³/mol. The van der Waals surface area contributed by atoms with E-state index in [0.717, 1.165) is 25.2 Å². The number of piperidine rings is 1. The van der Waals surface area contributed by atoms with Crippen LogP contribution in [0.2, 0.25) is 5.15 Å². The van der Waals surface area contributed by atoms with Crippen LogP contribution < -0.4 is 4.90 Å². The predicted octanol–water partition coefficient (Wildman–Crippen LogP) is 2.76. The number of carbonyl (C=O) groups is 1. The minimum Gasteiger partial charge on any atom is -0.465 e. The summed E-state index contributed by atoms with van der Waals surface area (Å²) in [6.45, 7) is 4.09. The number of hydrogen-bond acceptors (Lipinski definition) is 4. The van der Waals surface area contributed by atoms with E-state index in [-0.39, 0.29) is 5.97 Å². The first kappa shape index (κ1) is 13.1. The van der Waals surface area contributed by atoms with E-state index in [1.807, 2.05) is 0 Å². The van der Waals surface area contributed by atoms with Crippen molar-refractivity contribution in [3.63, 3.8) is 0 Å². The minimum atomic E-state index is -0.368. The quantitative estimate of drug-likeness (QED) is 0.611. The van der Waals surface area contributed by atoms with Crippen LogP contribution in [0.3, 0.4) is 0 Å². The molecule has 1 aromatic heterocycles. The molecule has 1 aliphatic rings. The molecule has 1 unspecified atom stereocenters. The highest BCUT2D eigenvalue weighted by Crippen LogP contribution is 2.28. The highest BCUT2D eigenvalue weighted by molar-refractivity contribution is 6.29. The van der Waals surface area contributed by atoms with Crippen molar-refractivity contribution in [2.24, 2.45) is 5.92 Å². The monoisotopic (exact) mass is 268 g/mol. The van der Waals surface area contributed by atoms with Crippen molar-refractivity contribution >= 4 is 23.3 Å². The lowest BCUT2D eigenvalue weighted by Crippen LogP contribution is -2.35. The second kappa shape index (κ2) is 5.57. The van der Waals surface area contributed by atoms with Crippen LogP contribution in [0.15, 0.2) is 12.3 Å². The molecule has 0 bridgehead atoms. The Morgan fingerprint density at radius 2 is 2.39 bits per heavy atom. The number of anilines is 1. The van der Waals surface area contributed by atoms with Crippen molar-refractivity contribution in [2.75, 3.05) is 25.1 Å². The number of hydrogen-bond donors (Lipinski definition) is 0. The fraction of sp³-hybridized carbons (Fsp3) is 0.538. The second-order valence-electron chi connectivity index (χ2n) is 4.71. The maximum absolute atomic E-state index is 11.7. The molecule has 0 amide bonds. The summed E-state index contributed by atoms with van der Waals surface area (Å²) >= 11 is 5.93. The van der Waals surface area contributed by atoms with Crippen LogP contribution in [0.1, 0.15) is 30.1 Å². The van der Waals surface area contributed by atoms with Crippen LogP contribution in [0.25, 0.3) is 0 Å². The van der Waals surface area contributed by atoms with Crippen molar-refractivity contribution in [3.05, 3.63) is 23.0 Å². The molecule has 2 rings (SSSR count). The fourth-order valence-corrected chi connectivity index (χ4v) is 2.51. The fourth-order valence-electron chi connectivity index (χ4n) is 2.36. The number of carbonyl (C=O) groups excluding carboxylic acids is 1. The van der Waals surface area contributed by atoms with Gasteiger partial charge in [0.15, 0.2) is 0 Å². The number of halogens is 1. The molecule has 4 nitrogen and oxygen atoms in total. The van der Waals surface area contributed by atoms with E-state index in [1.54, 1.807) is 6.07 Å². The molecule has 18 heavy (non-hydrogen) atoms. The van der Waals surface area contributed by atoms with E-state index in [0.29, 0.717) is 16.6 Å². The van der Waals surface area contributed by atoms with Gasteiger partial charge in [0.05, 0.1) is 12.8 Å². The van der Waals surface area contributed by atoms with Crippen LogP contribution in [0.5, 0.6) is 0 Å². The molecule has 0 saturated carbocycles. The van der Waals surface area contributed by atoms with Crippen molar-refractivity contribution in [1.82, 2.24) is 4.98 Å². The average molecular weight is 269 g/mol. The Morgan fingerprint density at radius 1 is 1.61 bits per heavy atom. The first-order chi connectivity index (χ1) is 8.61. The van der Waals surface area contributed by atoms with E-state index in [9.17, 15) is 4.79 Å². The van der Waals surface area contributed by atoms with Crippen molar-refractivity contribution < 1.29 is 9.53 Å². The summed E-state index contributed by atoms with van der Waals surface area (Å²) in [6.07, 6.45) is 3.84. The van der Waals surface area contributed by atoms with Gasteiger partial charge >= 0.3 is 5.97 Å². The lowest BCUT2D eigenvalue weighted by molar-refractivity contribution is 0.0601. The third-order valence-corrected chi connectivity index (χ3v) is 3.46. The molecule has 98 valence electrons. The second-order valence-corrected chi connectivity index (χ2v) is 5.10. The van der Waals surface area contributed by atoms with Gasteiger partial charge in [-0.25, -0.2) is 9.78 Å². The van der Waals surface area contributed by atoms with Crippen molar-refractivity contribution in [1.29, 1.82) is 0 Å². The Balaban J connectivity index is 2.35. The summed E-state index contributed by atoms with van der Waals surface area (Å²) in [5.41, 5.74) is 1.31. The van der Waals surface area contributed by atoms with Crippen molar-refractivity contribution in [3.8, 4) is 0 Å². The van der Waals surface area contributed by atoms with E-state index in [2.05, 4.69) is 16.8 Å². The molecule has 0 aromatic carbocycles. The number of rotatable bonds is 2. The first-order valence-electron chi connectivity index (χ1n) is 6.10. The summed E-state index contributed by atoms with van der Waals surface area (Å²) in [4.78, 5) is 17.9. The van der Waals surface area contributed by atoms with Crippen LogP contribution >= 0.6 is 11.6 Å². The van der Waals surface area contributed by atoms with E-state index in [1.165, 1.54) is 19.7 Å². The molecule has 5 heteroatoms. The number of pyridine rings is 1. The summed E-state index contributed by atoms with van der Waals surface area (Å²) in [5, 5.41) is 0.399. The van der Waals surface area contributed by atoms with Crippen LogP contribution in [0, 0.1) is 5.92 Å². The summed E-state index contributed by atoms with van der Waals surface area (Å²) in [7, 11) is 1.37. The molecule has 0 spiro atoms. The Labute approximate surface area is 112 Å². The lowest BCUT2D eigenvalue weighted by atomic mass is 9.99. The minimum absolute atomic E-state index is 0.368. The molecule has 2 heterocycles. The summed E-state index contributed by atoms with van der Waals surface area (Å²) in [5.74, 6) is 0.253. The van der Waals surface area contributed by atoms with Gasteiger partial charge in [-0.05, 0) is 24.8 Å². The van der Waals surface area contributed by atoms with Gasteiger partial charge < -0.3 is 9.64 Å². The number of aromatic nitrogens is 1. The molecular weight excluding hydrogens is 252 g/mol. The normalized spacial score (nSPS) is 19.7. The summed E-state index contributed by atoms with van der Waals surface area (Å²) in [6, 6.07) is 1.74. The Morgan fingerprint density at radius 3 is 3.06 bits per heavy atom.